The Bertz CT molecular complexity index is 583. The average molecular weight is 298 g/mol. The van der Waals surface area contributed by atoms with Crippen LogP contribution in [0.2, 0.25) is 0 Å². The maximum atomic E-state index is 11.5. The first-order chi connectivity index (χ1) is 9.41. The van der Waals surface area contributed by atoms with Gasteiger partial charge in [0, 0.05) is 24.7 Å². The third kappa shape index (κ3) is 3.55. The van der Waals surface area contributed by atoms with Crippen molar-refractivity contribution in [2.24, 2.45) is 0 Å². The number of rotatable bonds is 5. The van der Waals surface area contributed by atoms with Crippen LogP contribution in [-0.2, 0) is 16.4 Å². The van der Waals surface area contributed by atoms with Crippen LogP contribution >= 0.6 is 0 Å². The summed E-state index contributed by atoms with van der Waals surface area (Å²) in [5, 5.41) is 10.6. The summed E-state index contributed by atoms with van der Waals surface area (Å²) in [6, 6.07) is 6.47. The average Bonchev–Trinajstić information content (AvgIpc) is 2.76. The van der Waals surface area contributed by atoms with Gasteiger partial charge >= 0.3 is 0 Å². The van der Waals surface area contributed by atoms with Crippen molar-refractivity contribution in [1.29, 1.82) is 0 Å². The van der Waals surface area contributed by atoms with Crippen LogP contribution in [0.15, 0.2) is 24.3 Å². The lowest BCUT2D eigenvalue weighted by Gasteiger charge is -2.26. The molecule has 0 radical (unpaired) electrons. The summed E-state index contributed by atoms with van der Waals surface area (Å²) >= 11 is 0. The molecule has 110 valence electrons. The fourth-order valence-corrected chi connectivity index (χ4v) is 4.28. The van der Waals surface area contributed by atoms with Crippen molar-refractivity contribution in [2.45, 2.75) is 25.9 Å². The monoisotopic (exact) mass is 298 g/mol. The predicted molar refractivity (Wildman–Crippen MR) is 76.2 cm³/mol. The maximum absolute atomic E-state index is 11.5. The van der Waals surface area contributed by atoms with Crippen molar-refractivity contribution in [2.75, 3.05) is 18.1 Å². The number of nitro groups is 1. The second-order valence-electron chi connectivity index (χ2n) is 5.04. The van der Waals surface area contributed by atoms with Gasteiger partial charge in [-0.15, -0.1) is 0 Å². The van der Waals surface area contributed by atoms with Gasteiger partial charge in [-0.05, 0) is 18.5 Å². The molecule has 1 aliphatic heterocycles. The van der Waals surface area contributed by atoms with Crippen molar-refractivity contribution in [1.82, 2.24) is 4.90 Å². The summed E-state index contributed by atoms with van der Waals surface area (Å²) < 4.78 is 23.1. The SMILES string of the molecule is CCN(Cc1ccc([N+](=O)[O-])cc1)[C@@H]1CCS(=O)(=O)C1. The second-order valence-corrected chi connectivity index (χ2v) is 7.27. The van der Waals surface area contributed by atoms with Crippen LogP contribution < -0.4 is 0 Å². The van der Waals surface area contributed by atoms with Gasteiger partial charge in [0.05, 0.1) is 16.4 Å². The fraction of sp³-hybridized carbons (Fsp3) is 0.538. The zero-order valence-electron chi connectivity index (χ0n) is 11.4. The molecule has 0 amide bonds. The van der Waals surface area contributed by atoms with Gasteiger partial charge in [-0.25, -0.2) is 8.42 Å². The number of nitrogens with zero attached hydrogens (tertiary/aromatic N) is 2. The van der Waals surface area contributed by atoms with Crippen LogP contribution in [0.25, 0.3) is 0 Å². The topological polar surface area (TPSA) is 80.5 Å². The van der Waals surface area contributed by atoms with E-state index in [1.807, 2.05) is 6.92 Å². The van der Waals surface area contributed by atoms with Crippen LogP contribution in [0, 0.1) is 10.1 Å². The third-order valence-corrected chi connectivity index (χ3v) is 5.41. The molecule has 0 spiro atoms. The normalized spacial score (nSPS) is 21.2. The molecule has 1 aliphatic rings. The van der Waals surface area contributed by atoms with Gasteiger partial charge in [-0.2, -0.15) is 0 Å². The minimum absolute atomic E-state index is 0.0557. The van der Waals surface area contributed by atoms with Crippen molar-refractivity contribution in [3.63, 3.8) is 0 Å². The molecule has 1 atom stereocenters. The van der Waals surface area contributed by atoms with E-state index in [0.29, 0.717) is 13.0 Å². The molecule has 0 saturated carbocycles. The molecule has 1 heterocycles. The molecule has 1 fully saturated rings. The van der Waals surface area contributed by atoms with Gasteiger partial charge in [0.25, 0.3) is 5.69 Å². The van der Waals surface area contributed by atoms with Crippen LogP contribution in [-0.4, -0.2) is 42.3 Å². The molecule has 20 heavy (non-hydrogen) atoms. The smallest absolute Gasteiger partial charge is 0.269 e. The Labute approximate surface area is 118 Å². The van der Waals surface area contributed by atoms with Crippen molar-refractivity contribution in [3.05, 3.63) is 39.9 Å². The summed E-state index contributed by atoms with van der Waals surface area (Å²) in [4.78, 5) is 12.3. The molecule has 0 N–H and O–H groups in total. The van der Waals surface area contributed by atoms with E-state index in [1.54, 1.807) is 12.1 Å². The van der Waals surface area contributed by atoms with E-state index in [-0.39, 0.29) is 23.2 Å². The lowest BCUT2D eigenvalue weighted by atomic mass is 10.1. The van der Waals surface area contributed by atoms with Crippen molar-refractivity contribution < 1.29 is 13.3 Å². The molecule has 6 nitrogen and oxygen atoms in total. The highest BCUT2D eigenvalue weighted by Gasteiger charge is 2.31. The standard InChI is InChI=1S/C13H18N2O4S/c1-2-14(13-7-8-20(18,19)10-13)9-11-3-5-12(6-4-11)15(16)17/h3-6,13H,2,7-10H2,1H3/t13-/m1/s1. The van der Waals surface area contributed by atoms with E-state index in [2.05, 4.69) is 4.90 Å². The van der Waals surface area contributed by atoms with Crippen LogP contribution in [0.5, 0.6) is 0 Å². The van der Waals surface area contributed by atoms with Gasteiger partial charge in [0.2, 0.25) is 0 Å². The Kier molecular flexibility index (Phi) is 4.39. The number of hydrogen-bond donors (Lipinski definition) is 0. The lowest BCUT2D eigenvalue weighted by Crippen LogP contribution is -2.35. The molecule has 1 aromatic rings. The summed E-state index contributed by atoms with van der Waals surface area (Å²) in [6.45, 7) is 3.38. The van der Waals surface area contributed by atoms with Crippen molar-refractivity contribution >= 4 is 15.5 Å². The van der Waals surface area contributed by atoms with E-state index >= 15 is 0 Å². The van der Waals surface area contributed by atoms with E-state index in [9.17, 15) is 18.5 Å². The summed E-state index contributed by atoms with van der Waals surface area (Å²) in [5.74, 6) is 0.474. The summed E-state index contributed by atoms with van der Waals surface area (Å²) in [6.07, 6.45) is 0.670. The molecule has 0 aromatic heterocycles. The largest absolute Gasteiger partial charge is 0.295 e. The Balaban J connectivity index is 2.05. The zero-order valence-corrected chi connectivity index (χ0v) is 12.2. The minimum atomic E-state index is -2.89. The Morgan fingerprint density at radius 1 is 1.35 bits per heavy atom. The number of benzene rings is 1. The quantitative estimate of drug-likeness (QED) is 0.609. The second kappa shape index (κ2) is 5.88. The van der Waals surface area contributed by atoms with E-state index < -0.39 is 14.8 Å². The number of nitro benzene ring substituents is 1. The molecule has 0 aliphatic carbocycles. The number of non-ortho nitro benzene ring substituents is 1. The first kappa shape index (κ1) is 14.9. The molecule has 0 unspecified atom stereocenters. The first-order valence-corrected chi connectivity index (χ1v) is 8.41. The molecule has 2 rings (SSSR count). The first-order valence-electron chi connectivity index (χ1n) is 6.59. The van der Waals surface area contributed by atoms with Gasteiger partial charge in [0.15, 0.2) is 9.84 Å². The van der Waals surface area contributed by atoms with Crippen molar-refractivity contribution in [3.8, 4) is 0 Å². The molecule has 0 bridgehead atoms. The molecule has 1 aromatic carbocycles. The van der Waals surface area contributed by atoms with Crippen LogP contribution in [0.4, 0.5) is 5.69 Å². The van der Waals surface area contributed by atoms with Crippen LogP contribution in [0.1, 0.15) is 18.9 Å². The highest BCUT2D eigenvalue weighted by Crippen LogP contribution is 2.20. The van der Waals surface area contributed by atoms with Gasteiger partial charge in [0.1, 0.15) is 0 Å². The van der Waals surface area contributed by atoms with E-state index in [0.717, 1.165) is 12.1 Å². The molecule has 1 saturated heterocycles. The summed E-state index contributed by atoms with van der Waals surface area (Å²) in [7, 11) is -2.89. The van der Waals surface area contributed by atoms with Gasteiger partial charge in [-0.1, -0.05) is 19.1 Å². The van der Waals surface area contributed by atoms with E-state index in [1.165, 1.54) is 12.1 Å². The van der Waals surface area contributed by atoms with E-state index in [4.69, 9.17) is 0 Å². The molecular formula is C13H18N2O4S. The minimum Gasteiger partial charge on any atom is -0.295 e. The number of hydrogen-bond acceptors (Lipinski definition) is 5. The third-order valence-electron chi connectivity index (χ3n) is 3.66. The Morgan fingerprint density at radius 3 is 2.45 bits per heavy atom. The molecule has 7 heteroatoms. The maximum Gasteiger partial charge on any atom is 0.269 e. The number of sulfone groups is 1. The molecular weight excluding hydrogens is 280 g/mol. The Hall–Kier alpha value is -1.47. The fourth-order valence-electron chi connectivity index (χ4n) is 2.52. The van der Waals surface area contributed by atoms with Gasteiger partial charge < -0.3 is 0 Å². The lowest BCUT2D eigenvalue weighted by molar-refractivity contribution is -0.384. The van der Waals surface area contributed by atoms with Gasteiger partial charge in [-0.3, -0.25) is 15.0 Å². The zero-order chi connectivity index (χ0) is 14.8. The predicted octanol–water partition coefficient (Wildman–Crippen LogP) is 1.60. The Morgan fingerprint density at radius 2 is 2.00 bits per heavy atom. The highest BCUT2D eigenvalue weighted by molar-refractivity contribution is 7.91. The van der Waals surface area contributed by atoms with Crippen LogP contribution in [0.3, 0.4) is 0 Å². The summed E-state index contributed by atoms with van der Waals surface area (Å²) in [5.41, 5.74) is 1.03. The highest BCUT2D eigenvalue weighted by atomic mass is 32.2.